The second-order valence-corrected chi connectivity index (χ2v) is 6.38. The molecule has 0 aliphatic rings. The molecule has 0 amide bonds. The minimum atomic E-state index is -0.449. The van der Waals surface area contributed by atoms with Gasteiger partial charge in [0.1, 0.15) is 12.4 Å². The van der Waals surface area contributed by atoms with Gasteiger partial charge < -0.3 is 38.5 Å². The normalized spacial score (nSPS) is 11.0. The van der Waals surface area contributed by atoms with Crippen LogP contribution in [0.4, 0.5) is 5.69 Å². The molecule has 11 nitrogen and oxygen atoms in total. The van der Waals surface area contributed by atoms with Crippen molar-refractivity contribution in [1.29, 1.82) is 0 Å². The highest BCUT2D eigenvalue weighted by atomic mass is 16.6. The Kier molecular flexibility index (Phi) is 18.5. The SMILES string of the molecule is CNCCOCCOCCOCCOCCOCCOCCOc1ccc([N+](=O)[O-])cc1. The maximum Gasteiger partial charge on any atom is 0.269 e. The summed E-state index contributed by atoms with van der Waals surface area (Å²) in [6, 6.07) is 5.92. The molecule has 1 rings (SSSR count). The van der Waals surface area contributed by atoms with E-state index in [4.69, 9.17) is 33.2 Å². The lowest BCUT2D eigenvalue weighted by Gasteiger charge is -2.09. The lowest BCUT2D eigenvalue weighted by molar-refractivity contribution is -0.384. The number of nitro groups is 1. The maximum absolute atomic E-state index is 10.6. The number of nitrogens with one attached hydrogen (secondary N) is 1. The summed E-state index contributed by atoms with van der Waals surface area (Å²) in [5, 5.41) is 13.6. The van der Waals surface area contributed by atoms with Crippen LogP contribution in [-0.4, -0.2) is 104 Å². The van der Waals surface area contributed by atoms with Crippen molar-refractivity contribution >= 4 is 5.69 Å². The van der Waals surface area contributed by atoms with Crippen molar-refractivity contribution in [2.24, 2.45) is 0 Å². The van der Waals surface area contributed by atoms with E-state index in [9.17, 15) is 10.1 Å². The first-order valence-electron chi connectivity index (χ1n) is 10.7. The highest BCUT2D eigenvalue weighted by Gasteiger charge is 2.04. The summed E-state index contributed by atoms with van der Waals surface area (Å²) in [7, 11) is 1.89. The first-order valence-corrected chi connectivity index (χ1v) is 10.7. The van der Waals surface area contributed by atoms with E-state index in [2.05, 4.69) is 5.32 Å². The predicted octanol–water partition coefficient (Wildman–Crippen LogP) is 1.29. The molecule has 1 N–H and O–H groups in total. The van der Waals surface area contributed by atoms with Gasteiger partial charge in [0.2, 0.25) is 0 Å². The van der Waals surface area contributed by atoms with Crippen molar-refractivity contribution in [2.45, 2.75) is 0 Å². The molecule has 11 heteroatoms. The summed E-state index contributed by atoms with van der Waals surface area (Å²) in [5.41, 5.74) is 0.0324. The summed E-state index contributed by atoms with van der Waals surface area (Å²) in [4.78, 5) is 10.1. The number of likely N-dealkylation sites (N-methyl/N-ethyl adjacent to an activating group) is 1. The first-order chi connectivity index (χ1) is 15.7. The first kappa shape index (κ1) is 28.2. The quantitative estimate of drug-likeness (QED) is 0.145. The molecule has 1 aromatic rings. The molecule has 0 spiro atoms. The lowest BCUT2D eigenvalue weighted by atomic mass is 10.3. The van der Waals surface area contributed by atoms with E-state index >= 15 is 0 Å². The van der Waals surface area contributed by atoms with Crippen LogP contribution < -0.4 is 10.1 Å². The van der Waals surface area contributed by atoms with Gasteiger partial charge in [-0.2, -0.15) is 0 Å². The highest BCUT2D eigenvalue weighted by molar-refractivity contribution is 5.35. The van der Waals surface area contributed by atoms with E-state index in [1.807, 2.05) is 7.05 Å². The van der Waals surface area contributed by atoms with Gasteiger partial charge in [-0.25, -0.2) is 0 Å². The Morgan fingerprint density at radius 3 is 1.41 bits per heavy atom. The van der Waals surface area contributed by atoms with E-state index < -0.39 is 4.92 Å². The van der Waals surface area contributed by atoms with E-state index in [1.54, 1.807) is 12.1 Å². The largest absolute Gasteiger partial charge is 0.491 e. The molecule has 184 valence electrons. The van der Waals surface area contributed by atoms with Gasteiger partial charge in [0, 0.05) is 18.7 Å². The van der Waals surface area contributed by atoms with Gasteiger partial charge in [0.15, 0.2) is 0 Å². The van der Waals surface area contributed by atoms with Gasteiger partial charge in [-0.1, -0.05) is 0 Å². The van der Waals surface area contributed by atoms with Crippen molar-refractivity contribution in [2.75, 3.05) is 99.5 Å². The second-order valence-electron chi connectivity index (χ2n) is 6.38. The van der Waals surface area contributed by atoms with E-state index in [0.29, 0.717) is 91.6 Å². The smallest absolute Gasteiger partial charge is 0.269 e. The third-order valence-corrected chi connectivity index (χ3v) is 3.90. The molecular formula is C21H36N2O9. The number of nitro benzene ring substituents is 1. The Hall–Kier alpha value is -1.86. The summed E-state index contributed by atoms with van der Waals surface area (Å²) in [6.45, 7) is 7.43. The van der Waals surface area contributed by atoms with Gasteiger partial charge in [0.25, 0.3) is 5.69 Å². The number of hydrogen-bond donors (Lipinski definition) is 1. The van der Waals surface area contributed by atoms with Crippen molar-refractivity contribution < 1.29 is 38.1 Å². The molecule has 0 bridgehead atoms. The molecule has 0 atom stereocenters. The van der Waals surface area contributed by atoms with Crippen molar-refractivity contribution in [3.8, 4) is 5.75 Å². The summed E-state index contributed by atoms with van der Waals surface area (Å²) in [5.74, 6) is 0.564. The zero-order valence-corrected chi connectivity index (χ0v) is 18.8. The van der Waals surface area contributed by atoms with E-state index in [-0.39, 0.29) is 5.69 Å². The Bertz CT molecular complexity index is 561. The third-order valence-electron chi connectivity index (χ3n) is 3.90. The monoisotopic (exact) mass is 460 g/mol. The average molecular weight is 461 g/mol. The van der Waals surface area contributed by atoms with Gasteiger partial charge in [-0.05, 0) is 19.2 Å². The fraction of sp³-hybridized carbons (Fsp3) is 0.714. The molecule has 0 aliphatic carbocycles. The summed E-state index contributed by atoms with van der Waals surface area (Å²) >= 11 is 0. The second kappa shape index (κ2) is 21.0. The van der Waals surface area contributed by atoms with Crippen LogP contribution in [0.25, 0.3) is 0 Å². The maximum atomic E-state index is 10.6. The van der Waals surface area contributed by atoms with Crippen LogP contribution in [0.15, 0.2) is 24.3 Å². The molecule has 0 fully saturated rings. The minimum absolute atomic E-state index is 0.0324. The highest BCUT2D eigenvalue weighted by Crippen LogP contribution is 2.16. The van der Waals surface area contributed by atoms with Crippen LogP contribution in [0.3, 0.4) is 0 Å². The van der Waals surface area contributed by atoms with Crippen LogP contribution >= 0.6 is 0 Å². The standard InChI is InChI=1S/C21H36N2O9/c1-22-6-7-26-8-9-27-10-11-28-12-13-29-14-15-30-16-17-31-18-19-32-21-4-2-20(3-5-21)23(24)25/h2-5,22H,6-19H2,1H3. The van der Waals surface area contributed by atoms with Crippen molar-refractivity contribution in [3.05, 3.63) is 34.4 Å². The molecule has 32 heavy (non-hydrogen) atoms. The van der Waals surface area contributed by atoms with Gasteiger partial charge in [0.05, 0.1) is 84.2 Å². The van der Waals surface area contributed by atoms with Crippen LogP contribution in [0.1, 0.15) is 0 Å². The van der Waals surface area contributed by atoms with Gasteiger partial charge >= 0.3 is 0 Å². The van der Waals surface area contributed by atoms with Gasteiger partial charge in [-0.3, -0.25) is 10.1 Å². The van der Waals surface area contributed by atoms with Crippen LogP contribution in [0.2, 0.25) is 0 Å². The van der Waals surface area contributed by atoms with Crippen molar-refractivity contribution in [3.63, 3.8) is 0 Å². The van der Waals surface area contributed by atoms with Gasteiger partial charge in [-0.15, -0.1) is 0 Å². The van der Waals surface area contributed by atoms with E-state index in [0.717, 1.165) is 6.54 Å². The Morgan fingerprint density at radius 1 is 0.656 bits per heavy atom. The molecule has 0 aromatic heterocycles. The van der Waals surface area contributed by atoms with Crippen LogP contribution in [-0.2, 0) is 28.4 Å². The average Bonchev–Trinajstić information content (AvgIpc) is 2.80. The molecular weight excluding hydrogens is 424 g/mol. The number of nitrogens with zero attached hydrogens (tertiary/aromatic N) is 1. The zero-order valence-electron chi connectivity index (χ0n) is 18.8. The number of ether oxygens (including phenoxy) is 7. The topological polar surface area (TPSA) is 120 Å². The minimum Gasteiger partial charge on any atom is -0.491 e. The summed E-state index contributed by atoms with van der Waals surface area (Å²) in [6.07, 6.45) is 0. The van der Waals surface area contributed by atoms with Crippen molar-refractivity contribution in [1.82, 2.24) is 5.32 Å². The number of rotatable bonds is 23. The number of hydrogen-bond acceptors (Lipinski definition) is 10. The molecule has 0 aliphatic heterocycles. The number of non-ortho nitro benzene ring substituents is 1. The molecule has 0 saturated heterocycles. The molecule has 0 saturated carbocycles. The lowest BCUT2D eigenvalue weighted by Crippen LogP contribution is -2.17. The zero-order chi connectivity index (χ0) is 23.1. The number of benzene rings is 1. The Balaban J connectivity index is 1.73. The fourth-order valence-electron chi connectivity index (χ4n) is 2.26. The molecule has 0 radical (unpaired) electrons. The van der Waals surface area contributed by atoms with Crippen LogP contribution in [0, 0.1) is 10.1 Å². The fourth-order valence-corrected chi connectivity index (χ4v) is 2.26. The molecule has 0 heterocycles. The van der Waals surface area contributed by atoms with Crippen LogP contribution in [0.5, 0.6) is 5.75 Å². The molecule has 0 unspecified atom stereocenters. The predicted molar refractivity (Wildman–Crippen MR) is 117 cm³/mol. The summed E-state index contributed by atoms with van der Waals surface area (Å²) < 4.78 is 37.8. The Morgan fingerprint density at radius 2 is 1.03 bits per heavy atom. The Labute approximate surface area is 189 Å². The molecule has 1 aromatic carbocycles. The third kappa shape index (κ3) is 16.8. The van der Waals surface area contributed by atoms with E-state index in [1.165, 1.54) is 12.1 Å².